The molecule has 8 heavy (non-hydrogen) atoms. The van der Waals surface area contributed by atoms with E-state index in [1.165, 1.54) is 0 Å². The van der Waals surface area contributed by atoms with E-state index >= 15 is 0 Å². The molecule has 0 saturated carbocycles. The lowest BCUT2D eigenvalue weighted by molar-refractivity contribution is 0.321. The maximum atomic E-state index is 4.19. The van der Waals surface area contributed by atoms with Crippen LogP contribution in [0.15, 0.2) is 12.8 Å². The van der Waals surface area contributed by atoms with Crippen LogP contribution in [0.25, 0.3) is 0 Å². The van der Waals surface area contributed by atoms with Crippen LogP contribution in [0.5, 0.6) is 0 Å². The summed E-state index contributed by atoms with van der Waals surface area (Å²) in [4.78, 5) is 2.19. The molecule has 2 heteroatoms. The fourth-order valence-corrected chi connectivity index (χ4v) is 0.804. The minimum absolute atomic E-state index is 0.978. The maximum absolute atomic E-state index is 4.19. The Hall–Kier alpha value is -0.500. The second kappa shape index (κ2) is 2.72. The van der Waals surface area contributed by atoms with Crippen molar-refractivity contribution in [2.24, 2.45) is 0 Å². The van der Waals surface area contributed by atoms with Crippen molar-refractivity contribution in [2.75, 3.05) is 26.2 Å². The maximum Gasteiger partial charge on any atom is 0.0314 e. The van der Waals surface area contributed by atoms with Crippen LogP contribution in [-0.2, 0) is 0 Å². The Kier molecular flexibility index (Phi) is 1.92. The van der Waals surface area contributed by atoms with Crippen LogP contribution >= 0.6 is 0 Å². The molecule has 1 heterocycles. The molecule has 0 N–H and O–H groups in total. The Bertz CT molecular complexity index is 74.6. The van der Waals surface area contributed by atoms with Gasteiger partial charge in [-0.05, 0) is 6.20 Å². The number of nitrogens with zero attached hydrogens (tertiary/aromatic N) is 2. The summed E-state index contributed by atoms with van der Waals surface area (Å²) in [5.41, 5.74) is 0. The number of hydrogen-bond acceptors (Lipinski definition) is 1. The van der Waals surface area contributed by atoms with E-state index in [2.05, 4.69) is 16.8 Å². The van der Waals surface area contributed by atoms with Crippen LogP contribution < -0.4 is 5.32 Å². The van der Waals surface area contributed by atoms with Crippen molar-refractivity contribution in [1.82, 2.24) is 10.2 Å². The van der Waals surface area contributed by atoms with Crippen LogP contribution in [0.3, 0.4) is 0 Å². The zero-order valence-corrected chi connectivity index (χ0v) is 5.01. The lowest BCUT2D eigenvalue weighted by atomic mass is 10.4. The van der Waals surface area contributed by atoms with E-state index in [1.54, 1.807) is 0 Å². The van der Waals surface area contributed by atoms with E-state index in [4.69, 9.17) is 0 Å². The molecule has 0 bridgehead atoms. The molecular formula is C6H11N2. The fraction of sp³-hybridized carbons (Fsp3) is 0.667. The van der Waals surface area contributed by atoms with Crippen molar-refractivity contribution in [1.29, 1.82) is 0 Å². The zero-order chi connectivity index (χ0) is 5.82. The third-order valence-corrected chi connectivity index (χ3v) is 1.35. The standard InChI is InChI=1S/C6H11N2/c1-2-8-5-3-7-4-6-8/h2H,1,3-6H2. The van der Waals surface area contributed by atoms with Gasteiger partial charge in [0.25, 0.3) is 0 Å². The smallest absolute Gasteiger partial charge is 0.0314 e. The highest BCUT2D eigenvalue weighted by Gasteiger charge is 2.03. The van der Waals surface area contributed by atoms with Crippen LogP contribution in [0, 0.1) is 0 Å². The molecule has 2 nitrogen and oxygen atoms in total. The first-order valence-corrected chi connectivity index (χ1v) is 2.93. The van der Waals surface area contributed by atoms with Crippen LogP contribution in [0.1, 0.15) is 0 Å². The molecule has 0 atom stereocenters. The van der Waals surface area contributed by atoms with Gasteiger partial charge in [-0.25, -0.2) is 5.32 Å². The molecule has 0 aromatic carbocycles. The minimum atomic E-state index is 0.978. The van der Waals surface area contributed by atoms with Gasteiger partial charge in [0.2, 0.25) is 0 Å². The van der Waals surface area contributed by atoms with Crippen molar-refractivity contribution in [3.05, 3.63) is 12.8 Å². The van der Waals surface area contributed by atoms with Crippen LogP contribution in [-0.4, -0.2) is 31.1 Å². The highest BCUT2D eigenvalue weighted by molar-refractivity contribution is 4.75. The van der Waals surface area contributed by atoms with Crippen molar-refractivity contribution < 1.29 is 0 Å². The first kappa shape index (κ1) is 5.63. The van der Waals surface area contributed by atoms with E-state index < -0.39 is 0 Å². The van der Waals surface area contributed by atoms with Gasteiger partial charge in [0, 0.05) is 26.2 Å². The molecule has 0 spiro atoms. The molecule has 1 fully saturated rings. The van der Waals surface area contributed by atoms with Gasteiger partial charge in [0.1, 0.15) is 0 Å². The largest absolute Gasteiger partial charge is 0.375 e. The average molecular weight is 111 g/mol. The van der Waals surface area contributed by atoms with Gasteiger partial charge < -0.3 is 4.90 Å². The average Bonchev–Trinajstić information content (AvgIpc) is 1.90. The SMILES string of the molecule is C=CN1CC[N]CC1. The molecule has 0 aromatic heterocycles. The summed E-state index contributed by atoms with van der Waals surface area (Å²) >= 11 is 0. The van der Waals surface area contributed by atoms with Crippen molar-refractivity contribution in [3.63, 3.8) is 0 Å². The Labute approximate surface area is 50.2 Å². The minimum Gasteiger partial charge on any atom is -0.375 e. The second-order valence-electron chi connectivity index (χ2n) is 1.89. The summed E-state index contributed by atoms with van der Waals surface area (Å²) in [6.45, 7) is 7.74. The van der Waals surface area contributed by atoms with Gasteiger partial charge >= 0.3 is 0 Å². The summed E-state index contributed by atoms with van der Waals surface area (Å²) in [5, 5.41) is 4.19. The first-order valence-electron chi connectivity index (χ1n) is 2.93. The molecule has 0 unspecified atom stereocenters. The van der Waals surface area contributed by atoms with Crippen molar-refractivity contribution in [3.8, 4) is 0 Å². The third kappa shape index (κ3) is 1.23. The van der Waals surface area contributed by atoms with E-state index in [1.807, 2.05) is 6.20 Å². The van der Waals surface area contributed by atoms with Crippen LogP contribution in [0.4, 0.5) is 0 Å². The molecule has 1 saturated heterocycles. The number of rotatable bonds is 1. The Morgan fingerprint density at radius 2 is 2.00 bits per heavy atom. The van der Waals surface area contributed by atoms with E-state index in [0.717, 1.165) is 26.2 Å². The number of piperazine rings is 1. The quantitative estimate of drug-likeness (QED) is 0.467. The van der Waals surface area contributed by atoms with Gasteiger partial charge in [-0.1, -0.05) is 6.58 Å². The Morgan fingerprint density at radius 3 is 2.38 bits per heavy atom. The van der Waals surface area contributed by atoms with Crippen molar-refractivity contribution in [2.45, 2.75) is 0 Å². The van der Waals surface area contributed by atoms with E-state index in [9.17, 15) is 0 Å². The summed E-state index contributed by atoms with van der Waals surface area (Å²) in [5.74, 6) is 0. The zero-order valence-electron chi connectivity index (χ0n) is 5.01. The van der Waals surface area contributed by atoms with Gasteiger partial charge in [0.05, 0.1) is 0 Å². The third-order valence-electron chi connectivity index (χ3n) is 1.35. The summed E-state index contributed by atoms with van der Waals surface area (Å²) in [7, 11) is 0. The lowest BCUT2D eigenvalue weighted by Crippen LogP contribution is -2.36. The highest BCUT2D eigenvalue weighted by Crippen LogP contribution is 1.90. The van der Waals surface area contributed by atoms with Crippen molar-refractivity contribution >= 4 is 0 Å². The Balaban J connectivity index is 2.22. The molecule has 0 aliphatic carbocycles. The summed E-state index contributed by atoms with van der Waals surface area (Å²) in [6.07, 6.45) is 1.88. The lowest BCUT2D eigenvalue weighted by Gasteiger charge is -2.23. The van der Waals surface area contributed by atoms with Gasteiger partial charge in [-0.15, -0.1) is 0 Å². The van der Waals surface area contributed by atoms with E-state index in [-0.39, 0.29) is 0 Å². The molecule has 45 valence electrons. The van der Waals surface area contributed by atoms with Gasteiger partial charge in [-0.3, -0.25) is 0 Å². The molecular weight excluding hydrogens is 100 g/mol. The van der Waals surface area contributed by atoms with Gasteiger partial charge in [0.15, 0.2) is 0 Å². The number of hydrogen-bond donors (Lipinski definition) is 0. The fourth-order valence-electron chi connectivity index (χ4n) is 0.804. The molecule has 1 radical (unpaired) electrons. The summed E-state index contributed by atoms with van der Waals surface area (Å²) < 4.78 is 0. The highest BCUT2D eigenvalue weighted by atomic mass is 15.2. The Morgan fingerprint density at radius 1 is 1.38 bits per heavy atom. The topological polar surface area (TPSA) is 17.3 Å². The monoisotopic (exact) mass is 111 g/mol. The molecule has 0 amide bonds. The van der Waals surface area contributed by atoms with Gasteiger partial charge in [-0.2, -0.15) is 0 Å². The summed E-state index contributed by atoms with van der Waals surface area (Å²) in [6, 6.07) is 0. The second-order valence-corrected chi connectivity index (χ2v) is 1.89. The molecule has 1 rings (SSSR count). The first-order chi connectivity index (χ1) is 3.93. The molecule has 1 aliphatic heterocycles. The predicted molar refractivity (Wildman–Crippen MR) is 33.6 cm³/mol. The van der Waals surface area contributed by atoms with E-state index in [0.29, 0.717) is 0 Å². The molecule has 0 aromatic rings. The predicted octanol–water partition coefficient (Wildman–Crippen LogP) is 0.0499. The van der Waals surface area contributed by atoms with Crippen LogP contribution in [0.2, 0.25) is 0 Å². The normalized spacial score (nSPS) is 20.8. The molecule has 1 aliphatic rings.